The van der Waals surface area contributed by atoms with E-state index in [9.17, 15) is 19.2 Å². The number of rotatable bonds is 8. The number of nitrogens with zero attached hydrogens (tertiary/aromatic N) is 7. The lowest BCUT2D eigenvalue weighted by Gasteiger charge is -2.32. The molecular weight excluding hydrogens is 791 g/mol. The maximum absolute atomic E-state index is 17.3. The summed E-state index contributed by atoms with van der Waals surface area (Å²) < 4.78 is 104. The van der Waals surface area contributed by atoms with Crippen molar-refractivity contribution >= 4 is 55.1 Å². The van der Waals surface area contributed by atoms with Gasteiger partial charge in [0, 0.05) is 74.9 Å². The predicted molar refractivity (Wildman–Crippen MR) is 203 cm³/mol. The second-order valence-electron chi connectivity index (χ2n) is 15.4. The number of hydrogen-bond donors (Lipinski definition) is 1. The van der Waals surface area contributed by atoms with E-state index < -0.39 is 70.0 Å². The van der Waals surface area contributed by atoms with Crippen LogP contribution in [0.15, 0.2) is 18.2 Å². The first-order chi connectivity index (χ1) is 27.6. The zero-order valence-electron chi connectivity index (χ0n) is 31.7. The molecule has 4 aromatic rings. The molecule has 0 saturated carbocycles. The number of nitriles is 1. The minimum absolute atomic E-state index is 0.0524. The quantitative estimate of drug-likeness (QED) is 0.187. The van der Waals surface area contributed by atoms with Crippen molar-refractivity contribution in [2.45, 2.75) is 76.0 Å². The first-order valence-electron chi connectivity index (χ1n) is 19.1. The van der Waals surface area contributed by atoms with Crippen molar-refractivity contribution < 1.29 is 45.4 Å². The Bertz CT molecular complexity index is 2350. The molecule has 4 saturated heterocycles. The number of halogens is 6. The third-order valence-electron chi connectivity index (χ3n) is 12.0. The highest BCUT2D eigenvalue weighted by Gasteiger charge is 2.49. The van der Waals surface area contributed by atoms with Crippen LogP contribution in [0.5, 0.6) is 6.01 Å². The number of likely N-dealkylation sites (tertiary alicyclic amines) is 2. The fourth-order valence-electron chi connectivity index (χ4n) is 9.19. The number of anilines is 2. The van der Waals surface area contributed by atoms with Gasteiger partial charge in [-0.3, -0.25) is 9.69 Å². The molecule has 4 fully saturated rings. The number of fused-ring (bicyclic) bond motifs is 3. The van der Waals surface area contributed by atoms with E-state index in [0.29, 0.717) is 43.7 Å². The number of carbonyl (C=O) groups is 2. The molecule has 58 heavy (non-hydrogen) atoms. The number of ether oxygens (including phenoxy) is 2. The van der Waals surface area contributed by atoms with E-state index in [4.69, 9.17) is 15.2 Å². The second kappa shape index (κ2) is 14.9. The molecule has 2 amide bonds. The number of likely N-dealkylation sites (N-methyl/N-ethyl adjacent to an activating group) is 1. The van der Waals surface area contributed by atoms with E-state index in [1.807, 2.05) is 11.0 Å². The number of amides is 2. The van der Waals surface area contributed by atoms with E-state index in [2.05, 4.69) is 9.97 Å². The summed E-state index contributed by atoms with van der Waals surface area (Å²) in [4.78, 5) is 40.8. The van der Waals surface area contributed by atoms with Gasteiger partial charge in [0.25, 0.3) is 0 Å². The Labute approximate surface area is 333 Å². The highest BCUT2D eigenvalue weighted by molar-refractivity contribution is 7.23. The van der Waals surface area contributed by atoms with Crippen LogP contribution in [0.4, 0.5) is 42.0 Å². The number of nitrogen functional groups attached to an aromatic ring is 1. The van der Waals surface area contributed by atoms with Crippen molar-refractivity contribution in [1.29, 1.82) is 5.26 Å². The largest absolute Gasteiger partial charge is 0.461 e. The van der Waals surface area contributed by atoms with Crippen LogP contribution in [-0.2, 0) is 15.7 Å². The van der Waals surface area contributed by atoms with Crippen LogP contribution in [0.3, 0.4) is 0 Å². The van der Waals surface area contributed by atoms with Gasteiger partial charge in [0.1, 0.15) is 47.1 Å². The lowest BCUT2D eigenvalue weighted by atomic mass is 9.92. The van der Waals surface area contributed by atoms with Crippen LogP contribution in [0.2, 0.25) is 0 Å². The zero-order chi connectivity index (χ0) is 41.3. The van der Waals surface area contributed by atoms with Crippen molar-refractivity contribution in [3.8, 4) is 23.2 Å². The topological polar surface area (TPSA) is 141 Å². The Hall–Kier alpha value is -5.09. The standard InChI is InChI=1S/C39H40F6N8O4S/c1-3-53(22-7-11-51(17-22)37(55)57-23-8-12-50(18-23)20(2)54)35-25-13-27(39(43,44)45)30(24-5-6-28(41)33-29(24)26(15-46)34(47)58-33)31(42)32(25)48-36(49-35)56-19-38-9-4-10-52(38)16-21(40)14-38/h5-6,13,21-23H,3-4,7-12,14,16-19,47H2,1-2H3. The first-order valence-corrected chi connectivity index (χ1v) is 20.0. The molecule has 8 rings (SSSR count). The van der Waals surface area contributed by atoms with Crippen LogP contribution < -0.4 is 15.4 Å². The normalized spacial score (nSPS) is 23.5. The molecule has 6 heterocycles. The molecule has 2 N–H and O–H groups in total. The minimum atomic E-state index is -5.16. The van der Waals surface area contributed by atoms with Crippen molar-refractivity contribution in [3.63, 3.8) is 0 Å². The van der Waals surface area contributed by atoms with E-state index in [1.165, 1.54) is 11.8 Å². The van der Waals surface area contributed by atoms with Crippen LogP contribution in [0.25, 0.3) is 32.1 Å². The highest BCUT2D eigenvalue weighted by atomic mass is 32.1. The minimum Gasteiger partial charge on any atom is -0.461 e. The molecular formula is C39H40F6N8O4S. The van der Waals surface area contributed by atoms with Crippen molar-refractivity contribution in [2.75, 3.05) is 63.1 Å². The van der Waals surface area contributed by atoms with Crippen molar-refractivity contribution in [2.24, 2.45) is 0 Å². The second-order valence-corrected chi connectivity index (χ2v) is 16.4. The number of nitrogens with two attached hydrogens (primary N) is 1. The molecule has 0 bridgehead atoms. The maximum atomic E-state index is 17.3. The third kappa shape index (κ3) is 6.87. The van der Waals surface area contributed by atoms with E-state index >= 15 is 22.0 Å². The molecule has 12 nitrogen and oxygen atoms in total. The van der Waals surface area contributed by atoms with Crippen LogP contribution in [-0.4, -0.2) is 113 Å². The molecule has 2 aromatic carbocycles. The Kier molecular flexibility index (Phi) is 10.2. The number of alkyl halides is 4. The molecule has 4 atom stereocenters. The van der Waals surface area contributed by atoms with Gasteiger partial charge in [0.15, 0.2) is 5.82 Å². The van der Waals surface area contributed by atoms with Crippen molar-refractivity contribution in [3.05, 3.63) is 41.0 Å². The number of aromatic nitrogens is 2. The Morgan fingerprint density at radius 3 is 2.60 bits per heavy atom. The first kappa shape index (κ1) is 39.7. The summed E-state index contributed by atoms with van der Waals surface area (Å²) in [7, 11) is 0. The lowest BCUT2D eigenvalue weighted by Crippen LogP contribution is -2.43. The lowest BCUT2D eigenvalue weighted by molar-refractivity contribution is -0.137. The number of benzene rings is 2. The Balaban J connectivity index is 1.23. The van der Waals surface area contributed by atoms with Gasteiger partial charge < -0.3 is 29.9 Å². The number of hydrogen-bond acceptors (Lipinski definition) is 11. The third-order valence-corrected chi connectivity index (χ3v) is 13.0. The Morgan fingerprint density at radius 1 is 1.12 bits per heavy atom. The molecule has 0 spiro atoms. The molecule has 4 unspecified atom stereocenters. The molecule has 2 aromatic heterocycles. The van der Waals surface area contributed by atoms with Gasteiger partial charge in [-0.05, 0) is 50.4 Å². The van der Waals surface area contributed by atoms with Gasteiger partial charge in [0.05, 0.1) is 27.9 Å². The zero-order valence-corrected chi connectivity index (χ0v) is 32.5. The summed E-state index contributed by atoms with van der Waals surface area (Å²) in [6.45, 7) is 5.28. The van der Waals surface area contributed by atoms with Gasteiger partial charge in [-0.15, -0.1) is 11.3 Å². The average molecular weight is 831 g/mol. The van der Waals surface area contributed by atoms with E-state index in [0.717, 1.165) is 24.6 Å². The molecule has 4 aliphatic heterocycles. The van der Waals surface area contributed by atoms with E-state index in [-0.39, 0.29) is 89.5 Å². The molecule has 0 radical (unpaired) electrons. The fourth-order valence-corrected chi connectivity index (χ4v) is 10.1. The molecule has 0 aliphatic carbocycles. The summed E-state index contributed by atoms with van der Waals surface area (Å²) in [5.41, 5.74) is 1.74. The summed E-state index contributed by atoms with van der Waals surface area (Å²) in [6.07, 6.45) is -4.83. The highest BCUT2D eigenvalue weighted by Crippen LogP contribution is 2.48. The van der Waals surface area contributed by atoms with Gasteiger partial charge in [0.2, 0.25) is 5.91 Å². The average Bonchev–Trinajstić information content (AvgIpc) is 4.01. The van der Waals surface area contributed by atoms with Crippen LogP contribution in [0, 0.1) is 23.0 Å². The van der Waals surface area contributed by atoms with Gasteiger partial charge in [-0.1, -0.05) is 6.07 Å². The molecule has 19 heteroatoms. The summed E-state index contributed by atoms with van der Waals surface area (Å²) in [6, 6.07) is 3.60. The number of carbonyl (C=O) groups excluding carboxylic acids is 2. The summed E-state index contributed by atoms with van der Waals surface area (Å²) in [5.74, 6) is -2.46. The molecule has 4 aliphatic rings. The molecule has 308 valence electrons. The maximum Gasteiger partial charge on any atom is 0.417 e. The van der Waals surface area contributed by atoms with E-state index in [1.54, 1.807) is 16.7 Å². The van der Waals surface area contributed by atoms with Gasteiger partial charge in [-0.2, -0.15) is 28.4 Å². The summed E-state index contributed by atoms with van der Waals surface area (Å²) >= 11 is 0.666. The fraction of sp³-hybridized carbons (Fsp3) is 0.513. The van der Waals surface area contributed by atoms with Crippen LogP contribution >= 0.6 is 11.3 Å². The summed E-state index contributed by atoms with van der Waals surface area (Å²) in [5, 5.41) is 9.21. The Morgan fingerprint density at radius 2 is 1.90 bits per heavy atom. The van der Waals surface area contributed by atoms with Crippen LogP contribution in [0.1, 0.15) is 57.1 Å². The monoisotopic (exact) mass is 830 g/mol. The van der Waals surface area contributed by atoms with Crippen molar-refractivity contribution in [1.82, 2.24) is 24.7 Å². The number of thiophene rings is 1. The predicted octanol–water partition coefficient (Wildman–Crippen LogP) is 6.88. The van der Waals surface area contributed by atoms with Gasteiger partial charge in [-0.25, -0.2) is 18.0 Å². The SMILES string of the molecule is CCN(c1nc(OCC23CCCN2CC(F)C3)nc2c(F)c(-c3ccc(F)c4sc(N)c(C#N)c34)c(C(F)(F)F)cc12)C1CCN(C(=O)OC2CCN(C(C)=O)C2)C1. The van der Waals surface area contributed by atoms with Gasteiger partial charge >= 0.3 is 18.3 Å². The smallest absolute Gasteiger partial charge is 0.417 e.